The molecule has 2 aromatic carbocycles. The zero-order valence-corrected chi connectivity index (χ0v) is 11.1. The average molecular weight is 267 g/mol. The number of nitrogens with one attached hydrogen (secondary N) is 1. The SMILES string of the molecule is O=C(Nc1ccccc1)C1=Cc2ccccc2SC1. The number of para-hydroxylation sites is 1. The second kappa shape index (κ2) is 5.33. The van der Waals surface area contributed by atoms with Gasteiger partial charge in [0.15, 0.2) is 0 Å². The third-order valence-electron chi connectivity index (χ3n) is 2.96. The van der Waals surface area contributed by atoms with Gasteiger partial charge in [0.1, 0.15) is 0 Å². The molecule has 0 radical (unpaired) electrons. The van der Waals surface area contributed by atoms with Crippen LogP contribution in [-0.2, 0) is 4.79 Å². The van der Waals surface area contributed by atoms with E-state index >= 15 is 0 Å². The highest BCUT2D eigenvalue weighted by Gasteiger charge is 2.16. The van der Waals surface area contributed by atoms with Crippen LogP contribution in [0.5, 0.6) is 0 Å². The zero-order valence-electron chi connectivity index (χ0n) is 10.3. The van der Waals surface area contributed by atoms with Gasteiger partial charge in [-0.15, -0.1) is 11.8 Å². The van der Waals surface area contributed by atoms with Crippen molar-refractivity contribution in [3.05, 3.63) is 65.7 Å². The van der Waals surface area contributed by atoms with E-state index < -0.39 is 0 Å². The molecule has 2 nitrogen and oxygen atoms in total. The summed E-state index contributed by atoms with van der Waals surface area (Å²) in [5, 5.41) is 2.92. The van der Waals surface area contributed by atoms with Gasteiger partial charge in [-0.05, 0) is 29.8 Å². The molecule has 0 aliphatic carbocycles. The molecular weight excluding hydrogens is 254 g/mol. The van der Waals surface area contributed by atoms with Gasteiger partial charge < -0.3 is 5.32 Å². The predicted octanol–water partition coefficient (Wildman–Crippen LogP) is 3.81. The van der Waals surface area contributed by atoms with Crippen LogP contribution in [0.15, 0.2) is 65.1 Å². The molecule has 1 aliphatic rings. The first-order valence-electron chi connectivity index (χ1n) is 6.12. The number of thioether (sulfide) groups is 1. The molecule has 0 saturated heterocycles. The van der Waals surface area contributed by atoms with E-state index in [0.29, 0.717) is 0 Å². The molecule has 2 aromatic rings. The Morgan fingerprint density at radius 3 is 2.58 bits per heavy atom. The molecule has 0 fully saturated rings. The minimum Gasteiger partial charge on any atom is -0.322 e. The number of carbonyl (C=O) groups excluding carboxylic acids is 1. The Labute approximate surface area is 116 Å². The van der Waals surface area contributed by atoms with Gasteiger partial charge in [-0.1, -0.05) is 36.4 Å². The maximum absolute atomic E-state index is 12.2. The standard InChI is InChI=1S/C16H13NOS/c18-16(17-14-7-2-1-3-8-14)13-10-12-6-4-5-9-15(12)19-11-13/h1-10H,11H2,(H,17,18). The van der Waals surface area contributed by atoms with Gasteiger partial charge in [-0.25, -0.2) is 0 Å². The molecule has 1 aliphatic heterocycles. The zero-order chi connectivity index (χ0) is 13.1. The van der Waals surface area contributed by atoms with Gasteiger partial charge in [-0.2, -0.15) is 0 Å². The number of hydrogen-bond acceptors (Lipinski definition) is 2. The van der Waals surface area contributed by atoms with Crippen molar-refractivity contribution in [2.24, 2.45) is 0 Å². The largest absolute Gasteiger partial charge is 0.322 e. The highest BCUT2D eigenvalue weighted by Crippen LogP contribution is 2.31. The highest BCUT2D eigenvalue weighted by atomic mass is 32.2. The summed E-state index contributed by atoms with van der Waals surface area (Å²) in [6, 6.07) is 17.7. The van der Waals surface area contributed by atoms with Crippen LogP contribution in [0.25, 0.3) is 6.08 Å². The number of hydrogen-bond donors (Lipinski definition) is 1. The van der Waals surface area contributed by atoms with Crippen LogP contribution in [0, 0.1) is 0 Å². The van der Waals surface area contributed by atoms with Crippen molar-refractivity contribution in [1.82, 2.24) is 0 Å². The first-order valence-corrected chi connectivity index (χ1v) is 7.10. The van der Waals surface area contributed by atoms with Crippen molar-refractivity contribution in [3.8, 4) is 0 Å². The van der Waals surface area contributed by atoms with Crippen molar-refractivity contribution in [2.75, 3.05) is 11.1 Å². The third kappa shape index (κ3) is 2.71. The molecule has 94 valence electrons. The second-order valence-corrected chi connectivity index (χ2v) is 5.33. The summed E-state index contributed by atoms with van der Waals surface area (Å²) in [6.07, 6.45) is 1.98. The molecule has 0 atom stereocenters. The Kier molecular flexibility index (Phi) is 3.38. The lowest BCUT2D eigenvalue weighted by Gasteiger charge is -2.15. The molecule has 1 N–H and O–H groups in total. The van der Waals surface area contributed by atoms with Crippen LogP contribution in [0.1, 0.15) is 5.56 Å². The lowest BCUT2D eigenvalue weighted by atomic mass is 10.1. The molecule has 1 amide bonds. The Morgan fingerprint density at radius 1 is 1.00 bits per heavy atom. The molecule has 3 rings (SSSR count). The van der Waals surface area contributed by atoms with Gasteiger partial charge in [0.25, 0.3) is 5.91 Å². The van der Waals surface area contributed by atoms with Crippen LogP contribution in [-0.4, -0.2) is 11.7 Å². The number of amides is 1. The first-order chi connectivity index (χ1) is 9.33. The molecule has 0 aromatic heterocycles. The minimum absolute atomic E-state index is 0.0202. The molecule has 0 spiro atoms. The van der Waals surface area contributed by atoms with Crippen molar-refractivity contribution in [1.29, 1.82) is 0 Å². The monoisotopic (exact) mass is 267 g/mol. The first kappa shape index (κ1) is 12.1. The summed E-state index contributed by atoms with van der Waals surface area (Å²) in [7, 11) is 0. The van der Waals surface area contributed by atoms with Gasteiger partial charge in [-0.3, -0.25) is 4.79 Å². The van der Waals surface area contributed by atoms with Crippen molar-refractivity contribution >= 4 is 29.4 Å². The van der Waals surface area contributed by atoms with Gasteiger partial charge in [0.2, 0.25) is 0 Å². The maximum atomic E-state index is 12.2. The van der Waals surface area contributed by atoms with Gasteiger partial charge in [0, 0.05) is 21.9 Å². The molecule has 0 saturated carbocycles. The lowest BCUT2D eigenvalue weighted by molar-refractivity contribution is -0.112. The van der Waals surface area contributed by atoms with Crippen LogP contribution in [0.3, 0.4) is 0 Å². The fourth-order valence-electron chi connectivity index (χ4n) is 1.98. The number of carbonyl (C=O) groups is 1. The Balaban J connectivity index is 1.80. The van der Waals surface area contributed by atoms with Crippen LogP contribution < -0.4 is 5.32 Å². The molecule has 3 heteroatoms. The fourth-order valence-corrected chi connectivity index (χ4v) is 2.97. The van der Waals surface area contributed by atoms with E-state index in [2.05, 4.69) is 11.4 Å². The third-order valence-corrected chi connectivity index (χ3v) is 4.09. The molecule has 0 bridgehead atoms. The van der Waals surface area contributed by atoms with E-state index in [1.54, 1.807) is 11.8 Å². The summed E-state index contributed by atoms with van der Waals surface area (Å²) < 4.78 is 0. The Hall–Kier alpha value is -2.00. The summed E-state index contributed by atoms with van der Waals surface area (Å²) in [5.74, 6) is 0.698. The van der Waals surface area contributed by atoms with E-state index in [9.17, 15) is 4.79 Å². The second-order valence-electron chi connectivity index (χ2n) is 4.32. The van der Waals surface area contributed by atoms with E-state index in [1.807, 2.05) is 54.6 Å². The smallest absolute Gasteiger partial charge is 0.252 e. The average Bonchev–Trinajstić information content (AvgIpc) is 2.48. The van der Waals surface area contributed by atoms with Crippen molar-refractivity contribution < 1.29 is 4.79 Å². The lowest BCUT2D eigenvalue weighted by Crippen LogP contribution is -2.17. The van der Waals surface area contributed by atoms with E-state index in [0.717, 1.165) is 22.6 Å². The molecule has 19 heavy (non-hydrogen) atoms. The van der Waals surface area contributed by atoms with Gasteiger partial charge in [0.05, 0.1) is 0 Å². The number of anilines is 1. The number of rotatable bonds is 2. The fraction of sp³-hybridized carbons (Fsp3) is 0.0625. The Morgan fingerprint density at radius 2 is 1.74 bits per heavy atom. The summed E-state index contributed by atoms with van der Waals surface area (Å²) >= 11 is 1.71. The van der Waals surface area contributed by atoms with E-state index in [4.69, 9.17) is 0 Å². The number of benzene rings is 2. The maximum Gasteiger partial charge on any atom is 0.252 e. The van der Waals surface area contributed by atoms with Crippen molar-refractivity contribution in [2.45, 2.75) is 4.90 Å². The molecule has 0 unspecified atom stereocenters. The summed E-state index contributed by atoms with van der Waals surface area (Å²) in [5.41, 5.74) is 2.77. The summed E-state index contributed by atoms with van der Waals surface area (Å²) in [4.78, 5) is 13.4. The van der Waals surface area contributed by atoms with Crippen molar-refractivity contribution in [3.63, 3.8) is 0 Å². The van der Waals surface area contributed by atoms with E-state index in [-0.39, 0.29) is 5.91 Å². The highest BCUT2D eigenvalue weighted by molar-refractivity contribution is 7.99. The molecule has 1 heterocycles. The summed E-state index contributed by atoms with van der Waals surface area (Å²) in [6.45, 7) is 0. The van der Waals surface area contributed by atoms with Gasteiger partial charge >= 0.3 is 0 Å². The number of fused-ring (bicyclic) bond motifs is 1. The van der Waals surface area contributed by atoms with Crippen LogP contribution in [0.2, 0.25) is 0 Å². The quantitative estimate of drug-likeness (QED) is 0.896. The normalized spacial score (nSPS) is 13.4. The van der Waals surface area contributed by atoms with E-state index in [1.165, 1.54) is 4.90 Å². The Bertz CT molecular complexity index is 634. The molecular formula is C16H13NOS. The predicted molar refractivity (Wildman–Crippen MR) is 80.2 cm³/mol. The van der Waals surface area contributed by atoms with Crippen LogP contribution >= 0.6 is 11.8 Å². The topological polar surface area (TPSA) is 29.1 Å². The minimum atomic E-state index is -0.0202. The van der Waals surface area contributed by atoms with Crippen LogP contribution in [0.4, 0.5) is 5.69 Å².